The third-order valence-electron chi connectivity index (χ3n) is 2.99. The first-order valence-electron chi connectivity index (χ1n) is 5.44. The highest BCUT2D eigenvalue weighted by molar-refractivity contribution is 7.14. The smallest absolute Gasteiger partial charge is 0.158 e. The second-order valence-electron chi connectivity index (χ2n) is 4.49. The van der Waals surface area contributed by atoms with Gasteiger partial charge < -0.3 is 4.79 Å². The molecular weight excluding hydrogens is 212 g/mol. The van der Waals surface area contributed by atoms with Crippen molar-refractivity contribution >= 4 is 18.7 Å². The molecule has 0 unspecified atom stereocenters. The topological polar surface area (TPSA) is 17.1 Å². The first-order valence-corrected chi connectivity index (χ1v) is 8.44. The van der Waals surface area contributed by atoms with Gasteiger partial charge in [-0.1, -0.05) is 48.6 Å². The predicted molar refractivity (Wildman–Crippen MR) is 69.0 cm³/mol. The van der Waals surface area contributed by atoms with Crippen molar-refractivity contribution in [1.82, 2.24) is 0 Å². The van der Waals surface area contributed by atoms with Gasteiger partial charge in [0, 0.05) is 5.92 Å². The second-order valence-corrected chi connectivity index (χ2v) is 8.78. The number of carbonyl (C=O) groups is 1. The Morgan fingerprint density at radius 2 is 1.56 bits per heavy atom. The van der Waals surface area contributed by atoms with Crippen LogP contribution in [0.25, 0.3) is 0 Å². The third kappa shape index (κ3) is 2.12. The number of hydrogen-bond acceptors (Lipinski definition) is 1. The molecule has 5 radical (unpaired) electrons. The summed E-state index contributed by atoms with van der Waals surface area (Å²) in [5.74, 6) is 0.848. The van der Waals surface area contributed by atoms with Gasteiger partial charge in [0.15, 0.2) is 8.07 Å². The summed E-state index contributed by atoms with van der Waals surface area (Å²) in [4.78, 5) is 12.4. The van der Waals surface area contributed by atoms with Crippen molar-refractivity contribution in [3.05, 3.63) is 61.9 Å². The number of benzene rings is 1. The van der Waals surface area contributed by atoms with Crippen molar-refractivity contribution in [3.63, 3.8) is 0 Å². The summed E-state index contributed by atoms with van der Waals surface area (Å²) in [5.41, 5.74) is 0. The molecular formula is C14H15OSi. The Hall–Kier alpha value is -0.893. The van der Waals surface area contributed by atoms with E-state index in [0.717, 1.165) is 5.92 Å². The molecule has 1 aromatic rings. The molecule has 0 N–H and O–H groups in total. The third-order valence-corrected chi connectivity index (χ3v) is 6.19. The van der Waals surface area contributed by atoms with Gasteiger partial charge in [0.2, 0.25) is 0 Å². The highest BCUT2D eigenvalue weighted by Gasteiger charge is 2.38. The molecule has 2 rings (SSSR count). The minimum atomic E-state index is -2.03. The van der Waals surface area contributed by atoms with Crippen LogP contribution in [-0.2, 0) is 4.79 Å². The average molecular weight is 227 g/mol. The molecule has 0 spiro atoms. The SMILES string of the molecule is C[Si](C)(C(=O)[C]1[CH][CH][CH][CH]1)c1ccccc1. The zero-order chi connectivity index (χ0) is 11.6. The summed E-state index contributed by atoms with van der Waals surface area (Å²) in [7, 11) is -2.03. The van der Waals surface area contributed by atoms with Crippen LogP contribution in [0.5, 0.6) is 0 Å². The maximum atomic E-state index is 12.4. The molecule has 0 heterocycles. The molecule has 1 nitrogen and oxygen atoms in total. The van der Waals surface area contributed by atoms with Crippen molar-refractivity contribution in [3.8, 4) is 0 Å². The largest absolute Gasteiger partial charge is 0.304 e. The van der Waals surface area contributed by atoms with Gasteiger partial charge in [0.05, 0.1) is 0 Å². The molecule has 0 aliphatic heterocycles. The summed E-state index contributed by atoms with van der Waals surface area (Å²) in [6, 6.07) is 10.1. The molecule has 1 saturated carbocycles. The fourth-order valence-electron chi connectivity index (χ4n) is 1.87. The quantitative estimate of drug-likeness (QED) is 0.723. The molecule has 1 aliphatic rings. The first kappa shape index (κ1) is 11.6. The van der Waals surface area contributed by atoms with E-state index in [1.54, 1.807) is 0 Å². The van der Waals surface area contributed by atoms with Gasteiger partial charge in [-0.15, -0.1) is 0 Å². The highest BCUT2D eigenvalue weighted by atomic mass is 28.3. The van der Waals surface area contributed by atoms with Crippen LogP contribution in [-0.4, -0.2) is 13.5 Å². The van der Waals surface area contributed by atoms with Crippen LogP contribution in [0.4, 0.5) is 0 Å². The van der Waals surface area contributed by atoms with Crippen molar-refractivity contribution in [2.45, 2.75) is 13.1 Å². The Labute approximate surface area is 98.9 Å². The Bertz CT molecular complexity index is 364. The maximum absolute atomic E-state index is 12.4. The zero-order valence-electron chi connectivity index (χ0n) is 9.60. The monoisotopic (exact) mass is 227 g/mol. The normalized spacial score (nSPS) is 17.6. The van der Waals surface area contributed by atoms with Crippen molar-refractivity contribution in [1.29, 1.82) is 0 Å². The lowest BCUT2D eigenvalue weighted by Gasteiger charge is -2.24. The number of carbonyl (C=O) groups excluding carboxylic acids is 1. The predicted octanol–water partition coefficient (Wildman–Crippen LogP) is 2.12. The van der Waals surface area contributed by atoms with Crippen molar-refractivity contribution < 1.29 is 4.79 Å². The van der Waals surface area contributed by atoms with Crippen LogP contribution in [0, 0.1) is 31.6 Å². The van der Waals surface area contributed by atoms with E-state index in [2.05, 4.69) is 25.2 Å². The summed E-state index contributed by atoms with van der Waals surface area (Å²) in [6.07, 6.45) is 7.64. The molecule has 0 atom stereocenters. The van der Waals surface area contributed by atoms with Gasteiger partial charge in [0.25, 0.3) is 0 Å². The van der Waals surface area contributed by atoms with Crippen molar-refractivity contribution in [2.24, 2.45) is 0 Å². The van der Waals surface area contributed by atoms with Crippen LogP contribution in [0.3, 0.4) is 0 Å². The molecule has 0 amide bonds. The molecule has 1 aliphatic carbocycles. The minimum Gasteiger partial charge on any atom is -0.304 e. The van der Waals surface area contributed by atoms with E-state index in [1.165, 1.54) is 5.19 Å². The maximum Gasteiger partial charge on any atom is 0.158 e. The van der Waals surface area contributed by atoms with E-state index in [-0.39, 0.29) is 0 Å². The lowest BCUT2D eigenvalue weighted by Crippen LogP contribution is -2.51. The fraction of sp³-hybridized carbons (Fsp3) is 0.143. The molecule has 0 bridgehead atoms. The first-order chi connectivity index (χ1) is 7.62. The standard InChI is InChI=1S/C14H15OSi/c1-16(2,13-10-4-3-5-11-13)14(15)12-8-6-7-9-12/h3-11H,1-2H3. The van der Waals surface area contributed by atoms with E-state index in [0.29, 0.717) is 5.41 Å². The van der Waals surface area contributed by atoms with Gasteiger partial charge in [-0.25, -0.2) is 0 Å². The Morgan fingerprint density at radius 1 is 1.00 bits per heavy atom. The summed E-state index contributed by atoms with van der Waals surface area (Å²) >= 11 is 0. The molecule has 2 heteroatoms. The van der Waals surface area contributed by atoms with E-state index in [1.807, 2.05) is 43.9 Å². The van der Waals surface area contributed by atoms with Gasteiger partial charge in [0.1, 0.15) is 5.41 Å². The van der Waals surface area contributed by atoms with Gasteiger partial charge in [-0.05, 0) is 25.7 Å². The highest BCUT2D eigenvalue weighted by Crippen LogP contribution is 2.27. The van der Waals surface area contributed by atoms with Crippen LogP contribution in [0.1, 0.15) is 0 Å². The van der Waals surface area contributed by atoms with E-state index in [4.69, 9.17) is 0 Å². The van der Waals surface area contributed by atoms with Crippen LogP contribution in [0.2, 0.25) is 13.1 Å². The van der Waals surface area contributed by atoms with E-state index >= 15 is 0 Å². The van der Waals surface area contributed by atoms with Crippen LogP contribution >= 0.6 is 0 Å². The van der Waals surface area contributed by atoms with Crippen molar-refractivity contribution in [2.75, 3.05) is 0 Å². The summed E-state index contributed by atoms with van der Waals surface area (Å²) in [6.45, 7) is 4.22. The van der Waals surface area contributed by atoms with Crippen LogP contribution in [0.15, 0.2) is 30.3 Å². The summed E-state index contributed by atoms with van der Waals surface area (Å²) in [5, 5.41) is 1.50. The molecule has 0 aromatic heterocycles. The van der Waals surface area contributed by atoms with Gasteiger partial charge >= 0.3 is 0 Å². The zero-order valence-corrected chi connectivity index (χ0v) is 10.6. The lowest BCUT2D eigenvalue weighted by molar-refractivity contribution is -0.110. The van der Waals surface area contributed by atoms with E-state index < -0.39 is 8.07 Å². The molecule has 0 saturated heterocycles. The average Bonchev–Trinajstić information content (AvgIpc) is 2.82. The molecule has 81 valence electrons. The number of rotatable bonds is 3. The minimum absolute atomic E-state index is 0.309. The second kappa shape index (κ2) is 4.54. The van der Waals surface area contributed by atoms with E-state index in [9.17, 15) is 4.79 Å². The Balaban J connectivity index is 2.21. The lowest BCUT2D eigenvalue weighted by atomic mass is 10.1. The van der Waals surface area contributed by atoms with Crippen LogP contribution < -0.4 is 5.19 Å². The Morgan fingerprint density at radius 3 is 2.12 bits per heavy atom. The molecule has 1 fully saturated rings. The fourth-order valence-corrected chi connectivity index (χ4v) is 4.05. The molecule has 1 aromatic carbocycles. The Kier molecular flexibility index (Phi) is 3.29. The molecule has 16 heavy (non-hydrogen) atoms. The summed E-state index contributed by atoms with van der Waals surface area (Å²) < 4.78 is 0. The number of hydrogen-bond donors (Lipinski definition) is 0. The van der Waals surface area contributed by atoms with Gasteiger partial charge in [-0.3, -0.25) is 0 Å². The van der Waals surface area contributed by atoms with Gasteiger partial charge in [-0.2, -0.15) is 0 Å².